The van der Waals surface area contributed by atoms with Gasteiger partial charge in [0.1, 0.15) is 5.60 Å². The highest BCUT2D eigenvalue weighted by atomic mass is 16.7. The van der Waals surface area contributed by atoms with Crippen molar-refractivity contribution in [2.75, 3.05) is 19.8 Å². The predicted molar refractivity (Wildman–Crippen MR) is 45.0 cm³/mol. The van der Waals surface area contributed by atoms with Gasteiger partial charge in [-0.3, -0.25) is 0 Å². The van der Waals surface area contributed by atoms with E-state index >= 15 is 0 Å². The van der Waals surface area contributed by atoms with Gasteiger partial charge >= 0.3 is 0 Å². The molecule has 4 nitrogen and oxygen atoms in total. The minimum atomic E-state index is -0.0625. The van der Waals surface area contributed by atoms with Crippen molar-refractivity contribution in [2.24, 2.45) is 10.9 Å². The van der Waals surface area contributed by atoms with Gasteiger partial charge in [0, 0.05) is 25.8 Å². The van der Waals surface area contributed by atoms with Crippen molar-refractivity contribution < 1.29 is 9.57 Å². The van der Waals surface area contributed by atoms with Gasteiger partial charge in [0.2, 0.25) is 0 Å². The average molecular weight is 170 g/mol. The first-order valence-corrected chi connectivity index (χ1v) is 4.36. The molecule has 68 valence electrons. The zero-order chi connectivity index (χ0) is 8.44. The third kappa shape index (κ3) is 1.32. The predicted octanol–water partition coefficient (Wildman–Crippen LogP) is 0.271. The monoisotopic (exact) mass is 170 g/mol. The summed E-state index contributed by atoms with van der Waals surface area (Å²) in [6, 6.07) is 0. The summed E-state index contributed by atoms with van der Waals surface area (Å²) in [5.74, 6) is 0. The molecule has 0 aromatic heterocycles. The maximum atomic E-state index is 5.48. The van der Waals surface area contributed by atoms with Gasteiger partial charge in [-0.05, 0) is 0 Å². The number of oxime groups is 1. The normalized spacial score (nSPS) is 26.9. The molecule has 0 aromatic rings. The van der Waals surface area contributed by atoms with E-state index in [1.807, 2.05) is 0 Å². The van der Waals surface area contributed by atoms with Gasteiger partial charge in [-0.2, -0.15) is 0 Å². The Bertz CT molecular complexity index is 197. The van der Waals surface area contributed by atoms with Crippen molar-refractivity contribution in [3.63, 3.8) is 0 Å². The van der Waals surface area contributed by atoms with E-state index in [4.69, 9.17) is 15.3 Å². The highest BCUT2D eigenvalue weighted by molar-refractivity contribution is 5.87. The molecule has 2 aliphatic rings. The second-order valence-corrected chi connectivity index (χ2v) is 3.43. The molecule has 0 saturated carbocycles. The molecular formula is C8H14N2O2. The minimum Gasteiger partial charge on any atom is -0.389 e. The molecule has 0 unspecified atom stereocenters. The largest absolute Gasteiger partial charge is 0.389 e. The fraction of sp³-hybridized carbons (Fsp3) is 0.875. The Labute approximate surface area is 71.7 Å². The van der Waals surface area contributed by atoms with Crippen LogP contribution < -0.4 is 5.73 Å². The van der Waals surface area contributed by atoms with Gasteiger partial charge in [0.05, 0.1) is 18.9 Å². The van der Waals surface area contributed by atoms with Crippen LogP contribution in [0.25, 0.3) is 0 Å². The first-order valence-electron chi connectivity index (χ1n) is 4.36. The first-order chi connectivity index (χ1) is 5.85. The molecule has 0 amide bonds. The number of hydrogen-bond acceptors (Lipinski definition) is 4. The smallest absolute Gasteiger partial charge is 0.147 e. The number of rotatable bonds is 1. The Morgan fingerprint density at radius 1 is 1.42 bits per heavy atom. The van der Waals surface area contributed by atoms with E-state index in [1.165, 1.54) is 0 Å². The van der Waals surface area contributed by atoms with Gasteiger partial charge in [-0.15, -0.1) is 0 Å². The van der Waals surface area contributed by atoms with Gasteiger partial charge in [0.15, 0.2) is 0 Å². The molecule has 0 aromatic carbocycles. The first kappa shape index (κ1) is 8.01. The van der Waals surface area contributed by atoms with Crippen molar-refractivity contribution >= 4 is 5.71 Å². The Kier molecular flexibility index (Phi) is 2.02. The van der Waals surface area contributed by atoms with E-state index in [9.17, 15) is 0 Å². The summed E-state index contributed by atoms with van der Waals surface area (Å²) in [4.78, 5) is 5.41. The highest BCUT2D eigenvalue weighted by Crippen LogP contribution is 2.33. The van der Waals surface area contributed by atoms with Gasteiger partial charge in [-0.1, -0.05) is 5.16 Å². The van der Waals surface area contributed by atoms with E-state index < -0.39 is 0 Å². The lowest BCUT2D eigenvalue weighted by Gasteiger charge is -2.30. The molecule has 0 bridgehead atoms. The second kappa shape index (κ2) is 3.03. The zero-order valence-electron chi connectivity index (χ0n) is 7.08. The van der Waals surface area contributed by atoms with Crippen molar-refractivity contribution in [3.8, 4) is 0 Å². The number of nitrogens with two attached hydrogens (primary N) is 1. The second-order valence-electron chi connectivity index (χ2n) is 3.43. The average Bonchev–Trinajstić information content (AvgIpc) is 2.50. The topological polar surface area (TPSA) is 56.8 Å². The zero-order valence-corrected chi connectivity index (χ0v) is 7.08. The molecule has 0 radical (unpaired) electrons. The molecule has 12 heavy (non-hydrogen) atoms. The summed E-state index contributed by atoms with van der Waals surface area (Å²) in [5, 5.41) is 3.97. The fourth-order valence-corrected chi connectivity index (χ4v) is 1.72. The molecule has 1 saturated heterocycles. The van der Waals surface area contributed by atoms with Crippen LogP contribution in [0.4, 0.5) is 0 Å². The molecule has 1 fully saturated rings. The maximum absolute atomic E-state index is 5.48. The Morgan fingerprint density at radius 2 is 2.17 bits per heavy atom. The number of ether oxygens (including phenoxy) is 1. The number of hydrogen-bond donors (Lipinski definition) is 1. The Hall–Kier alpha value is -0.610. The van der Waals surface area contributed by atoms with Crippen molar-refractivity contribution in [2.45, 2.75) is 24.9 Å². The molecule has 1 spiro atoms. The summed E-state index contributed by atoms with van der Waals surface area (Å²) < 4.78 is 5.26. The Balaban J connectivity index is 1.97. The molecule has 2 heterocycles. The minimum absolute atomic E-state index is 0.0625. The maximum Gasteiger partial charge on any atom is 0.147 e. The SMILES string of the molecule is NCC1=NOC2(CCOCC2)C1. The molecule has 2 rings (SSSR count). The van der Waals surface area contributed by atoms with Crippen molar-refractivity contribution in [3.05, 3.63) is 0 Å². The molecule has 0 atom stereocenters. The van der Waals surface area contributed by atoms with E-state index in [1.54, 1.807) is 0 Å². The van der Waals surface area contributed by atoms with Crippen LogP contribution in [-0.2, 0) is 9.57 Å². The molecular weight excluding hydrogens is 156 g/mol. The van der Waals surface area contributed by atoms with Crippen LogP contribution in [0.5, 0.6) is 0 Å². The molecule has 2 N–H and O–H groups in total. The standard InChI is InChI=1S/C8H14N2O2/c9-6-7-5-8(12-10-7)1-3-11-4-2-8/h1-6,9H2. The quantitative estimate of drug-likeness (QED) is 0.614. The summed E-state index contributed by atoms with van der Waals surface area (Å²) in [6.45, 7) is 2.09. The third-order valence-electron chi connectivity index (χ3n) is 2.53. The van der Waals surface area contributed by atoms with Crippen LogP contribution in [-0.4, -0.2) is 31.1 Å². The van der Waals surface area contributed by atoms with Crippen molar-refractivity contribution in [1.82, 2.24) is 0 Å². The summed E-state index contributed by atoms with van der Waals surface area (Å²) in [7, 11) is 0. The van der Waals surface area contributed by atoms with E-state index in [2.05, 4.69) is 5.16 Å². The van der Waals surface area contributed by atoms with Crippen molar-refractivity contribution in [1.29, 1.82) is 0 Å². The lowest BCUT2D eigenvalue weighted by molar-refractivity contribution is -0.0919. The van der Waals surface area contributed by atoms with Gasteiger partial charge < -0.3 is 15.3 Å². The van der Waals surface area contributed by atoms with E-state index in [0.29, 0.717) is 6.54 Å². The van der Waals surface area contributed by atoms with Crippen LogP contribution in [0.3, 0.4) is 0 Å². The molecule has 2 aliphatic heterocycles. The highest BCUT2D eigenvalue weighted by Gasteiger charge is 2.40. The fourth-order valence-electron chi connectivity index (χ4n) is 1.72. The number of nitrogens with zero attached hydrogens (tertiary/aromatic N) is 1. The van der Waals surface area contributed by atoms with E-state index in [-0.39, 0.29) is 5.60 Å². The summed E-state index contributed by atoms with van der Waals surface area (Å²) in [5.41, 5.74) is 6.40. The van der Waals surface area contributed by atoms with E-state index in [0.717, 1.165) is 38.2 Å². The summed E-state index contributed by atoms with van der Waals surface area (Å²) >= 11 is 0. The van der Waals surface area contributed by atoms with Crippen LogP contribution >= 0.6 is 0 Å². The molecule has 0 aliphatic carbocycles. The van der Waals surface area contributed by atoms with Crippen LogP contribution in [0.2, 0.25) is 0 Å². The van der Waals surface area contributed by atoms with Crippen LogP contribution in [0, 0.1) is 0 Å². The third-order valence-corrected chi connectivity index (χ3v) is 2.53. The lowest BCUT2D eigenvalue weighted by atomic mass is 9.89. The van der Waals surface area contributed by atoms with Crippen LogP contribution in [0.1, 0.15) is 19.3 Å². The van der Waals surface area contributed by atoms with Gasteiger partial charge in [0.25, 0.3) is 0 Å². The summed E-state index contributed by atoms with van der Waals surface area (Å²) in [6.07, 6.45) is 2.78. The van der Waals surface area contributed by atoms with Gasteiger partial charge in [-0.25, -0.2) is 0 Å². The Morgan fingerprint density at radius 3 is 2.75 bits per heavy atom. The lowest BCUT2D eigenvalue weighted by Crippen LogP contribution is -2.36. The van der Waals surface area contributed by atoms with Crippen LogP contribution in [0.15, 0.2) is 5.16 Å². The molecule has 4 heteroatoms.